The maximum Gasteiger partial charge on any atom is 0.199 e. The summed E-state index contributed by atoms with van der Waals surface area (Å²) in [6.45, 7) is 0. The summed E-state index contributed by atoms with van der Waals surface area (Å²) >= 11 is 1.22. The van der Waals surface area contributed by atoms with Gasteiger partial charge in [-0.15, -0.1) is 0 Å². The number of benzene rings is 1. The fourth-order valence-electron chi connectivity index (χ4n) is 1.30. The van der Waals surface area contributed by atoms with Crippen molar-refractivity contribution in [2.75, 3.05) is 7.11 Å². The summed E-state index contributed by atoms with van der Waals surface area (Å²) in [5.41, 5.74) is 1.03. The fourth-order valence-corrected chi connectivity index (χ4v) is 1.91. The summed E-state index contributed by atoms with van der Waals surface area (Å²) < 4.78 is 12.1. The predicted molar refractivity (Wildman–Crippen MR) is 46.9 cm³/mol. The number of hydroxylamine groups is 1. The van der Waals surface area contributed by atoms with Crippen molar-refractivity contribution in [2.24, 2.45) is 0 Å². The van der Waals surface area contributed by atoms with Gasteiger partial charge in [-0.1, -0.05) is 4.47 Å². The average Bonchev–Trinajstić information content (AvgIpc) is 2.96. The van der Waals surface area contributed by atoms with Crippen LogP contribution in [0.15, 0.2) is 18.2 Å². The van der Waals surface area contributed by atoms with Crippen LogP contribution < -0.4 is 8.92 Å². The Morgan fingerprint density at radius 1 is 1.54 bits per heavy atom. The van der Waals surface area contributed by atoms with Gasteiger partial charge in [-0.25, -0.2) is 0 Å². The molecule has 0 aliphatic carbocycles. The first-order valence-electron chi connectivity index (χ1n) is 3.87. The number of methoxy groups -OCH3 is 1. The molecule has 0 radical (unpaired) electrons. The van der Waals surface area contributed by atoms with Gasteiger partial charge in [0.1, 0.15) is 11.5 Å². The van der Waals surface area contributed by atoms with Crippen molar-refractivity contribution in [1.82, 2.24) is 4.47 Å². The van der Waals surface area contributed by atoms with E-state index in [1.165, 1.54) is 12.2 Å². The number of rotatable bonds is 1. The quantitative estimate of drug-likeness (QED) is 0.390. The Morgan fingerprint density at radius 3 is 3.31 bits per heavy atom. The van der Waals surface area contributed by atoms with Crippen molar-refractivity contribution in [3.8, 4) is 11.5 Å². The van der Waals surface area contributed by atoms with E-state index in [0.29, 0.717) is 0 Å². The highest BCUT2D eigenvalue weighted by molar-refractivity contribution is 7.92. The summed E-state index contributed by atoms with van der Waals surface area (Å²) in [5.74, 6) is 1.68. The van der Waals surface area contributed by atoms with Crippen molar-refractivity contribution in [3.63, 3.8) is 0 Å². The van der Waals surface area contributed by atoms with E-state index in [1.54, 1.807) is 11.6 Å². The van der Waals surface area contributed by atoms with Crippen LogP contribution in [0.3, 0.4) is 0 Å². The Balaban J connectivity index is 2.06. The third-order valence-electron chi connectivity index (χ3n) is 2.03. The van der Waals surface area contributed by atoms with E-state index in [1.807, 2.05) is 18.2 Å². The Bertz CT molecular complexity index is 357. The molecule has 2 unspecified atom stereocenters. The van der Waals surface area contributed by atoms with E-state index in [9.17, 15) is 0 Å². The molecule has 13 heavy (non-hydrogen) atoms. The molecule has 0 bridgehead atoms. The first-order chi connectivity index (χ1) is 6.38. The van der Waals surface area contributed by atoms with Crippen molar-refractivity contribution < 1.29 is 13.8 Å². The van der Waals surface area contributed by atoms with Crippen LogP contribution in [0.2, 0.25) is 0 Å². The number of nitrogens with zero attached hydrogens (tertiary/aromatic N) is 1. The number of hydrogen-bond acceptors (Lipinski definition) is 5. The smallest absolute Gasteiger partial charge is 0.199 e. The van der Waals surface area contributed by atoms with Gasteiger partial charge in [-0.05, 0) is 18.2 Å². The largest absolute Gasteiger partial charge is 0.497 e. The highest BCUT2D eigenvalue weighted by Gasteiger charge is 2.46. The predicted octanol–water partition coefficient (Wildman–Crippen LogP) is 1.90. The standard InChI is InChI=1S/C8H7NO3S/c1-10-5-2-3-7-6(4-5)8-9(11-8)13-12-7/h2-4,8H,1H3. The summed E-state index contributed by atoms with van der Waals surface area (Å²) in [5, 5.41) is 0. The molecule has 3 rings (SSSR count). The molecule has 0 aromatic heterocycles. The third kappa shape index (κ3) is 1.08. The topological polar surface area (TPSA) is 34.0 Å². The van der Waals surface area contributed by atoms with Crippen LogP contribution in [0.4, 0.5) is 0 Å². The van der Waals surface area contributed by atoms with Gasteiger partial charge in [0.25, 0.3) is 0 Å². The highest BCUT2D eigenvalue weighted by Crippen LogP contribution is 2.52. The fraction of sp³-hybridized carbons (Fsp3) is 0.250. The molecule has 0 N–H and O–H groups in total. The molecule has 2 aliphatic rings. The van der Waals surface area contributed by atoms with Gasteiger partial charge >= 0.3 is 0 Å². The van der Waals surface area contributed by atoms with Crippen LogP contribution in [0.5, 0.6) is 11.5 Å². The Kier molecular flexibility index (Phi) is 1.46. The summed E-state index contributed by atoms with van der Waals surface area (Å²) in [6.07, 6.45) is 0.0452. The maximum atomic E-state index is 5.34. The molecular weight excluding hydrogens is 190 g/mol. The molecule has 1 saturated heterocycles. The van der Waals surface area contributed by atoms with Gasteiger partial charge in [0.15, 0.2) is 18.5 Å². The number of ether oxygens (including phenoxy) is 1. The molecule has 0 amide bonds. The molecule has 5 heteroatoms. The highest BCUT2D eigenvalue weighted by atomic mass is 32.2. The van der Waals surface area contributed by atoms with Crippen LogP contribution in [0.1, 0.15) is 11.8 Å². The molecule has 68 valence electrons. The van der Waals surface area contributed by atoms with Crippen molar-refractivity contribution in [1.29, 1.82) is 0 Å². The van der Waals surface area contributed by atoms with E-state index in [-0.39, 0.29) is 6.23 Å². The van der Waals surface area contributed by atoms with Crippen LogP contribution in [0, 0.1) is 0 Å². The van der Waals surface area contributed by atoms with Gasteiger partial charge in [-0.3, -0.25) is 4.84 Å². The molecule has 2 aliphatic heterocycles. The Labute approximate surface area is 79.7 Å². The normalized spacial score (nSPS) is 28.4. The molecule has 1 aromatic carbocycles. The lowest BCUT2D eigenvalue weighted by atomic mass is 10.2. The van der Waals surface area contributed by atoms with Gasteiger partial charge in [0, 0.05) is 5.56 Å². The van der Waals surface area contributed by atoms with Gasteiger partial charge < -0.3 is 8.92 Å². The summed E-state index contributed by atoms with van der Waals surface area (Å²) in [4.78, 5) is 5.22. The SMILES string of the molecule is COc1ccc2c(c1)C1ON1SO2. The minimum atomic E-state index is 0.0452. The summed E-state index contributed by atoms with van der Waals surface area (Å²) in [6, 6.07) is 5.69. The second-order valence-electron chi connectivity index (χ2n) is 2.80. The molecule has 0 spiro atoms. The maximum absolute atomic E-state index is 5.34. The van der Waals surface area contributed by atoms with E-state index in [4.69, 9.17) is 13.8 Å². The summed E-state index contributed by atoms with van der Waals surface area (Å²) in [7, 11) is 1.64. The van der Waals surface area contributed by atoms with Crippen LogP contribution >= 0.6 is 12.2 Å². The van der Waals surface area contributed by atoms with Crippen molar-refractivity contribution >= 4 is 12.2 Å². The van der Waals surface area contributed by atoms with Gasteiger partial charge in [0.2, 0.25) is 0 Å². The van der Waals surface area contributed by atoms with Gasteiger partial charge in [0.05, 0.1) is 7.11 Å². The number of hydrogen-bond donors (Lipinski definition) is 0. The second kappa shape index (κ2) is 2.54. The van der Waals surface area contributed by atoms with E-state index in [2.05, 4.69) is 0 Å². The first kappa shape index (κ1) is 7.49. The van der Waals surface area contributed by atoms with Crippen LogP contribution in [0.25, 0.3) is 0 Å². The third-order valence-corrected chi connectivity index (χ3v) is 2.71. The van der Waals surface area contributed by atoms with E-state index in [0.717, 1.165) is 17.1 Å². The van der Waals surface area contributed by atoms with Crippen molar-refractivity contribution in [2.45, 2.75) is 6.23 Å². The Morgan fingerprint density at radius 2 is 2.46 bits per heavy atom. The minimum Gasteiger partial charge on any atom is -0.497 e. The lowest BCUT2D eigenvalue weighted by Gasteiger charge is -2.12. The Hall–Kier alpha value is -0.910. The molecule has 1 aromatic rings. The zero-order valence-corrected chi connectivity index (χ0v) is 7.71. The molecule has 1 fully saturated rings. The zero-order chi connectivity index (χ0) is 8.84. The monoisotopic (exact) mass is 197 g/mol. The molecule has 2 atom stereocenters. The molecule has 0 saturated carbocycles. The van der Waals surface area contributed by atoms with Crippen LogP contribution in [-0.4, -0.2) is 11.6 Å². The molecular formula is C8H7NO3S. The van der Waals surface area contributed by atoms with E-state index < -0.39 is 0 Å². The van der Waals surface area contributed by atoms with Gasteiger partial charge in [-0.2, -0.15) is 0 Å². The van der Waals surface area contributed by atoms with Crippen LogP contribution in [-0.2, 0) is 4.84 Å². The second-order valence-corrected chi connectivity index (χ2v) is 3.48. The zero-order valence-electron chi connectivity index (χ0n) is 6.89. The molecule has 2 heterocycles. The minimum absolute atomic E-state index is 0.0452. The molecule has 4 nitrogen and oxygen atoms in total. The number of fused-ring (bicyclic) bond motifs is 3. The van der Waals surface area contributed by atoms with E-state index >= 15 is 0 Å². The lowest BCUT2D eigenvalue weighted by molar-refractivity contribution is 0.297. The first-order valence-corrected chi connectivity index (χ1v) is 4.57. The average molecular weight is 197 g/mol. The van der Waals surface area contributed by atoms with Crippen molar-refractivity contribution in [3.05, 3.63) is 23.8 Å². The lowest BCUT2D eigenvalue weighted by Crippen LogP contribution is -2.00.